The molecule has 0 aliphatic carbocycles. The Morgan fingerprint density at radius 1 is 0.971 bits per heavy atom. The number of sulfonamides is 1. The van der Waals surface area contributed by atoms with Gasteiger partial charge in [0, 0.05) is 16.7 Å². The molecule has 0 fully saturated rings. The van der Waals surface area contributed by atoms with E-state index in [9.17, 15) is 28.5 Å². The molecular weight excluding hydrogens is 486 g/mol. The quantitative estimate of drug-likeness (QED) is 0.158. The number of carboxylic acids is 1. The molecule has 34 heavy (non-hydrogen) atoms. The molecule has 9 N–H and O–H groups in total. The average Bonchev–Trinajstić information content (AvgIpc) is 3.16. The van der Waals surface area contributed by atoms with Gasteiger partial charge in [-0.1, -0.05) is 0 Å². The number of H-pyrrole nitrogens is 1. The minimum Gasteiger partial charge on any atom is -0.507 e. The normalized spacial score (nSPS) is 11.2. The van der Waals surface area contributed by atoms with E-state index in [1.165, 1.54) is 6.07 Å². The Morgan fingerprint density at radius 2 is 1.65 bits per heavy atom. The fraction of sp³-hybridized carbons (Fsp3) is 0. The number of primary sulfonamides is 1. The summed E-state index contributed by atoms with van der Waals surface area (Å²) < 4.78 is 23.5. The second-order valence-corrected chi connectivity index (χ2v) is 8.74. The summed E-state index contributed by atoms with van der Waals surface area (Å²) in [5.41, 5.74) is 6.36. The van der Waals surface area contributed by atoms with Crippen molar-refractivity contribution >= 4 is 45.3 Å². The molecule has 0 aliphatic rings. The number of amidine groups is 1. The zero-order valence-corrected chi connectivity index (χ0v) is 18.7. The number of aromatic nitrogens is 2. The Hall–Kier alpha value is -4.13. The second-order valence-electron chi connectivity index (χ2n) is 7.18. The molecule has 0 spiro atoms. The van der Waals surface area contributed by atoms with Gasteiger partial charge in [0.2, 0.25) is 10.0 Å². The van der Waals surface area contributed by atoms with E-state index in [-0.39, 0.29) is 51.2 Å². The van der Waals surface area contributed by atoms with Gasteiger partial charge >= 0.3 is 5.97 Å². The van der Waals surface area contributed by atoms with Gasteiger partial charge in [-0.05, 0) is 48.5 Å². The average molecular weight is 504 g/mol. The molecule has 13 heteroatoms. The molecule has 1 aromatic heterocycles. The number of fused-ring (bicyclic) bond motifs is 1. The molecule has 1 heterocycles. The van der Waals surface area contributed by atoms with Crippen LogP contribution in [0.4, 0.5) is 0 Å². The Kier molecular flexibility index (Phi) is 6.25. The second kappa shape index (κ2) is 8.67. The fourth-order valence-electron chi connectivity index (χ4n) is 3.36. The van der Waals surface area contributed by atoms with Crippen LogP contribution in [0.3, 0.4) is 0 Å². The van der Waals surface area contributed by atoms with E-state index in [4.69, 9.17) is 16.3 Å². The van der Waals surface area contributed by atoms with E-state index in [1.54, 1.807) is 18.2 Å². The maximum atomic E-state index is 11.8. The van der Waals surface area contributed by atoms with E-state index in [2.05, 4.69) is 9.97 Å². The van der Waals surface area contributed by atoms with Gasteiger partial charge in [-0.15, -0.1) is 12.4 Å². The first kappa shape index (κ1) is 24.5. The maximum Gasteiger partial charge on any atom is 0.335 e. The topological polar surface area (TPSA) is 216 Å². The van der Waals surface area contributed by atoms with Gasteiger partial charge in [0.15, 0.2) is 0 Å². The number of nitrogen functional groups attached to an aromatic ring is 1. The van der Waals surface area contributed by atoms with Crippen molar-refractivity contribution in [3.63, 3.8) is 0 Å². The lowest BCUT2D eigenvalue weighted by Gasteiger charge is -2.13. The minimum absolute atomic E-state index is 0. The smallest absolute Gasteiger partial charge is 0.335 e. The number of phenols is 2. The number of hydrogen-bond acceptors (Lipinski definition) is 7. The summed E-state index contributed by atoms with van der Waals surface area (Å²) in [7, 11) is -4.14. The molecule has 0 radical (unpaired) electrons. The predicted molar refractivity (Wildman–Crippen MR) is 127 cm³/mol. The number of imidazole rings is 1. The number of phenolic OH excluding ortho intramolecular Hbond substituents is 2. The molecule has 4 aromatic rings. The summed E-state index contributed by atoms with van der Waals surface area (Å²) in [6.07, 6.45) is 0. The number of rotatable bonds is 5. The summed E-state index contributed by atoms with van der Waals surface area (Å²) >= 11 is 0. The lowest BCUT2D eigenvalue weighted by molar-refractivity contribution is 0.0697. The highest BCUT2D eigenvalue weighted by atomic mass is 35.5. The zero-order chi connectivity index (χ0) is 24.1. The zero-order valence-electron chi connectivity index (χ0n) is 17.1. The molecule has 4 rings (SSSR count). The van der Waals surface area contributed by atoms with Crippen molar-refractivity contribution in [1.29, 1.82) is 5.41 Å². The number of halogens is 1. The standard InChI is InChI=1S/C21H17N5O6S.ClH/c22-19(23)9-1-3-15-16(7-9)26-20(25-15)14-6-10(21(29)30)5-13(18(14)28)12-8-11(33(24,31)32)2-4-17(12)27;/h1-8,27-28H,(H3,22,23)(H,25,26)(H,29,30)(H2,24,31,32);1H. The highest BCUT2D eigenvalue weighted by Gasteiger charge is 2.22. The highest BCUT2D eigenvalue weighted by Crippen LogP contribution is 2.42. The fourth-order valence-corrected chi connectivity index (χ4v) is 3.90. The first-order valence-corrected chi connectivity index (χ1v) is 10.8. The SMILES string of the molecule is Cl.N=C(N)c1ccc2nc(-c3cc(C(=O)O)cc(-c4cc(S(N)(=O)=O)ccc4O)c3O)[nH]c2c1. The number of aromatic hydroxyl groups is 2. The maximum absolute atomic E-state index is 11.8. The molecule has 11 nitrogen and oxygen atoms in total. The summed E-state index contributed by atoms with van der Waals surface area (Å²) in [6, 6.07) is 10.2. The molecule has 0 saturated carbocycles. The predicted octanol–water partition coefficient (Wildman–Crippen LogP) is 2.36. The van der Waals surface area contributed by atoms with E-state index in [0.717, 1.165) is 24.3 Å². The molecule has 0 unspecified atom stereocenters. The van der Waals surface area contributed by atoms with Gasteiger partial charge in [-0.25, -0.2) is 23.3 Å². The van der Waals surface area contributed by atoms with Crippen molar-refractivity contribution in [3.05, 3.63) is 59.7 Å². The van der Waals surface area contributed by atoms with E-state index in [1.807, 2.05) is 0 Å². The third kappa shape index (κ3) is 4.37. The molecule has 0 amide bonds. The Morgan fingerprint density at radius 3 is 2.26 bits per heavy atom. The number of nitrogens with zero attached hydrogens (tertiary/aromatic N) is 1. The van der Waals surface area contributed by atoms with Gasteiger partial charge in [0.1, 0.15) is 23.2 Å². The lowest BCUT2D eigenvalue weighted by atomic mass is 9.97. The molecule has 0 aliphatic heterocycles. The van der Waals surface area contributed by atoms with E-state index in [0.29, 0.717) is 16.6 Å². The third-order valence-electron chi connectivity index (χ3n) is 4.99. The first-order valence-electron chi connectivity index (χ1n) is 9.26. The van der Waals surface area contributed by atoms with Crippen LogP contribution in [0.1, 0.15) is 15.9 Å². The van der Waals surface area contributed by atoms with Gasteiger partial charge in [0.05, 0.1) is 27.1 Å². The van der Waals surface area contributed by atoms with E-state index >= 15 is 0 Å². The highest BCUT2D eigenvalue weighted by molar-refractivity contribution is 7.89. The van der Waals surface area contributed by atoms with Crippen LogP contribution < -0.4 is 10.9 Å². The van der Waals surface area contributed by atoms with Crippen molar-refractivity contribution in [2.75, 3.05) is 0 Å². The third-order valence-corrected chi connectivity index (χ3v) is 5.90. The van der Waals surface area contributed by atoms with Crippen molar-refractivity contribution < 1.29 is 28.5 Å². The number of aromatic carboxylic acids is 1. The van der Waals surface area contributed by atoms with Gasteiger partial charge in [0.25, 0.3) is 0 Å². The largest absolute Gasteiger partial charge is 0.507 e. The lowest BCUT2D eigenvalue weighted by Crippen LogP contribution is -2.12. The van der Waals surface area contributed by atoms with Crippen LogP contribution in [-0.4, -0.2) is 45.5 Å². The van der Waals surface area contributed by atoms with Crippen LogP contribution in [0.2, 0.25) is 0 Å². The molecular formula is C21H18ClN5O6S. The molecule has 0 bridgehead atoms. The van der Waals surface area contributed by atoms with Gasteiger partial charge < -0.3 is 26.0 Å². The molecule has 3 aromatic carbocycles. The van der Waals surface area contributed by atoms with Crippen molar-refractivity contribution in [1.82, 2.24) is 9.97 Å². The van der Waals surface area contributed by atoms with Crippen LogP contribution in [0.25, 0.3) is 33.5 Å². The summed E-state index contributed by atoms with van der Waals surface area (Å²) in [5.74, 6) is -2.23. The molecule has 0 saturated heterocycles. The number of carbonyl (C=O) groups is 1. The summed E-state index contributed by atoms with van der Waals surface area (Å²) in [6.45, 7) is 0. The van der Waals surface area contributed by atoms with Gasteiger partial charge in [-0.3, -0.25) is 5.41 Å². The number of benzene rings is 3. The summed E-state index contributed by atoms with van der Waals surface area (Å²) in [4.78, 5) is 18.7. The van der Waals surface area contributed by atoms with Gasteiger partial charge in [-0.2, -0.15) is 0 Å². The van der Waals surface area contributed by atoms with Crippen molar-refractivity contribution in [2.24, 2.45) is 10.9 Å². The summed E-state index contributed by atoms with van der Waals surface area (Å²) in [5, 5.41) is 43.6. The molecule has 176 valence electrons. The minimum atomic E-state index is -4.14. The number of carboxylic acid groups (broad SMARTS) is 1. The Balaban J connectivity index is 0.00000324. The number of hydrogen-bond donors (Lipinski definition) is 7. The van der Waals surface area contributed by atoms with Crippen molar-refractivity contribution in [2.45, 2.75) is 4.90 Å². The first-order chi connectivity index (χ1) is 15.5. The van der Waals surface area contributed by atoms with Crippen molar-refractivity contribution in [3.8, 4) is 34.0 Å². The monoisotopic (exact) mass is 503 g/mol. The number of nitrogens with two attached hydrogens (primary N) is 2. The van der Waals surface area contributed by atoms with E-state index < -0.39 is 27.5 Å². The van der Waals surface area contributed by atoms with Crippen LogP contribution in [-0.2, 0) is 10.0 Å². The Labute approximate surface area is 198 Å². The molecule has 0 atom stereocenters. The van der Waals surface area contributed by atoms with Crippen LogP contribution in [0, 0.1) is 5.41 Å². The Bertz CT molecular complexity index is 1580. The van der Waals surface area contributed by atoms with Crippen LogP contribution in [0.5, 0.6) is 11.5 Å². The number of nitrogens with one attached hydrogen (secondary N) is 2. The van der Waals surface area contributed by atoms with Crippen LogP contribution >= 0.6 is 12.4 Å². The number of aromatic amines is 1. The van der Waals surface area contributed by atoms with Crippen LogP contribution in [0.15, 0.2) is 53.4 Å².